The van der Waals surface area contributed by atoms with E-state index in [9.17, 15) is 14.4 Å². The normalized spacial score (nSPS) is 12.7. The van der Waals surface area contributed by atoms with Crippen molar-refractivity contribution in [2.24, 2.45) is 0 Å². The molecule has 0 aliphatic carbocycles. The lowest BCUT2D eigenvalue weighted by Crippen LogP contribution is -2.30. The van der Waals surface area contributed by atoms with E-state index in [-0.39, 0.29) is 31.1 Å². The van der Waals surface area contributed by atoms with E-state index >= 15 is 0 Å². The number of esters is 3. The smallest absolute Gasteiger partial charge is 0.306 e. The molecule has 74 heavy (non-hydrogen) atoms. The second kappa shape index (κ2) is 61.9. The van der Waals surface area contributed by atoms with Gasteiger partial charge in [0.25, 0.3) is 0 Å². The Morgan fingerprint density at radius 3 is 0.824 bits per heavy atom. The molecule has 0 saturated carbocycles. The van der Waals surface area contributed by atoms with Crippen LogP contribution in [0.15, 0.2) is 97.2 Å². The molecule has 1 atom stereocenters. The van der Waals surface area contributed by atoms with Gasteiger partial charge in [-0.1, -0.05) is 279 Å². The molecule has 0 aromatic heterocycles. The van der Waals surface area contributed by atoms with Crippen molar-refractivity contribution < 1.29 is 28.6 Å². The third kappa shape index (κ3) is 59.2. The average molecular weight is 1030 g/mol. The van der Waals surface area contributed by atoms with E-state index in [0.717, 1.165) is 122 Å². The first-order valence-electron chi connectivity index (χ1n) is 31.2. The van der Waals surface area contributed by atoms with Crippen molar-refractivity contribution in [3.05, 3.63) is 97.2 Å². The summed E-state index contributed by atoms with van der Waals surface area (Å²) in [5.74, 6) is -0.896. The highest BCUT2D eigenvalue weighted by atomic mass is 16.6. The SMILES string of the molecule is CC/C=C\C/C=C\C/C=C\C/C=C\CCCCCCCCCCCCCCCCCCCCC(=O)OCC(COC(=O)CCCCCCCC)OC(=O)CCCCCCCC/C=C\C/C=C\C/C=C\C/C=C\CC. The number of rotatable bonds is 56. The summed E-state index contributed by atoms with van der Waals surface area (Å²) < 4.78 is 16.8. The molecular weight excluding hydrogens is 913 g/mol. The number of allylic oxidation sites excluding steroid dienone is 16. The summed E-state index contributed by atoms with van der Waals surface area (Å²) in [7, 11) is 0. The maximum atomic E-state index is 12.8. The minimum absolute atomic E-state index is 0.0806. The lowest BCUT2D eigenvalue weighted by Gasteiger charge is -2.18. The second-order valence-electron chi connectivity index (χ2n) is 20.6. The first-order valence-corrected chi connectivity index (χ1v) is 31.2. The molecule has 0 saturated heterocycles. The van der Waals surface area contributed by atoms with Crippen molar-refractivity contribution >= 4 is 17.9 Å². The monoisotopic (exact) mass is 1030 g/mol. The number of unbranched alkanes of at least 4 members (excludes halogenated alkanes) is 29. The molecule has 6 nitrogen and oxygen atoms in total. The van der Waals surface area contributed by atoms with Crippen LogP contribution in [-0.4, -0.2) is 37.2 Å². The van der Waals surface area contributed by atoms with Gasteiger partial charge in [0.15, 0.2) is 6.10 Å². The van der Waals surface area contributed by atoms with Crippen molar-refractivity contribution in [2.45, 2.75) is 303 Å². The van der Waals surface area contributed by atoms with Crippen LogP contribution in [0.4, 0.5) is 0 Å². The molecule has 0 heterocycles. The molecule has 0 N–H and O–H groups in total. The molecular formula is C68H116O6. The fourth-order valence-electron chi connectivity index (χ4n) is 8.72. The number of hydrogen-bond acceptors (Lipinski definition) is 6. The highest BCUT2D eigenvalue weighted by Gasteiger charge is 2.19. The van der Waals surface area contributed by atoms with E-state index in [0.29, 0.717) is 19.3 Å². The Balaban J connectivity index is 4.04. The molecule has 0 aromatic rings. The van der Waals surface area contributed by atoms with Gasteiger partial charge < -0.3 is 14.2 Å². The van der Waals surface area contributed by atoms with Gasteiger partial charge in [0, 0.05) is 19.3 Å². The van der Waals surface area contributed by atoms with Crippen molar-refractivity contribution in [3.8, 4) is 0 Å². The highest BCUT2D eigenvalue weighted by Crippen LogP contribution is 2.17. The van der Waals surface area contributed by atoms with E-state index in [1.54, 1.807) is 0 Å². The summed E-state index contributed by atoms with van der Waals surface area (Å²) in [6.45, 7) is 6.36. The fraction of sp³-hybridized carbons (Fsp3) is 0.721. The summed E-state index contributed by atoms with van der Waals surface area (Å²) >= 11 is 0. The Labute approximate surface area is 457 Å². The number of hydrogen-bond donors (Lipinski definition) is 0. The third-order valence-electron chi connectivity index (χ3n) is 13.3. The van der Waals surface area contributed by atoms with Gasteiger partial charge in [-0.2, -0.15) is 0 Å². The maximum absolute atomic E-state index is 12.8. The summed E-state index contributed by atoms with van der Waals surface area (Å²) in [6, 6.07) is 0. The lowest BCUT2D eigenvalue weighted by atomic mass is 10.0. The molecule has 0 rings (SSSR count). The van der Waals surface area contributed by atoms with Crippen LogP contribution >= 0.6 is 0 Å². The molecule has 0 radical (unpaired) electrons. The first kappa shape index (κ1) is 70.3. The van der Waals surface area contributed by atoms with Gasteiger partial charge >= 0.3 is 17.9 Å². The molecule has 1 unspecified atom stereocenters. The van der Waals surface area contributed by atoms with Gasteiger partial charge in [0.2, 0.25) is 0 Å². The molecule has 0 fully saturated rings. The Kier molecular flexibility index (Phi) is 58.8. The highest BCUT2D eigenvalue weighted by molar-refractivity contribution is 5.71. The summed E-state index contributed by atoms with van der Waals surface area (Å²) in [5.41, 5.74) is 0. The molecule has 0 amide bonds. The van der Waals surface area contributed by atoms with E-state index in [1.807, 2.05) is 0 Å². The molecule has 6 heteroatoms. The lowest BCUT2D eigenvalue weighted by molar-refractivity contribution is -0.167. The van der Waals surface area contributed by atoms with Crippen LogP contribution in [0, 0.1) is 0 Å². The number of ether oxygens (including phenoxy) is 3. The zero-order chi connectivity index (χ0) is 53.6. The van der Waals surface area contributed by atoms with Gasteiger partial charge in [-0.15, -0.1) is 0 Å². The van der Waals surface area contributed by atoms with Crippen molar-refractivity contribution in [3.63, 3.8) is 0 Å². The average Bonchev–Trinajstić information content (AvgIpc) is 3.40. The predicted molar refractivity (Wildman–Crippen MR) is 320 cm³/mol. The summed E-state index contributed by atoms with van der Waals surface area (Å²) in [5, 5.41) is 0. The molecule has 424 valence electrons. The summed E-state index contributed by atoms with van der Waals surface area (Å²) in [6.07, 6.45) is 83.1. The first-order chi connectivity index (χ1) is 36.5. The van der Waals surface area contributed by atoms with E-state index in [1.165, 1.54) is 135 Å². The summed E-state index contributed by atoms with van der Waals surface area (Å²) in [4.78, 5) is 38.0. The van der Waals surface area contributed by atoms with Crippen LogP contribution in [0.2, 0.25) is 0 Å². The van der Waals surface area contributed by atoms with E-state index in [2.05, 4.69) is 118 Å². The van der Waals surface area contributed by atoms with Gasteiger partial charge in [-0.3, -0.25) is 14.4 Å². The van der Waals surface area contributed by atoms with E-state index < -0.39 is 6.10 Å². The van der Waals surface area contributed by atoms with Gasteiger partial charge in [0.05, 0.1) is 0 Å². The molecule has 0 spiro atoms. The van der Waals surface area contributed by atoms with Crippen molar-refractivity contribution in [1.29, 1.82) is 0 Å². The standard InChI is InChI=1S/C68H116O6/c1-4-7-10-13-16-18-20-22-24-26-28-29-30-31-32-33-34-35-36-37-38-39-41-42-44-46-48-50-52-55-58-61-67(70)73-64-65(63-72-66(69)60-57-54-15-12-9-6-3)74-68(71)62-59-56-53-51-49-47-45-43-40-27-25-23-21-19-17-14-11-8-5-2/h7-8,10-11,16-19,22-25,28-29,40,43,65H,4-6,9,12-15,20-21,26-27,30-39,41-42,44-64H2,1-3H3/b10-7-,11-8-,18-16-,19-17-,24-22-,25-23-,29-28-,43-40-. The van der Waals surface area contributed by atoms with Crippen LogP contribution < -0.4 is 0 Å². The predicted octanol–water partition coefficient (Wildman–Crippen LogP) is 21.3. The number of carbonyl (C=O) groups excluding carboxylic acids is 3. The Bertz CT molecular complexity index is 1460. The molecule has 0 bridgehead atoms. The molecule has 0 aromatic carbocycles. The minimum Gasteiger partial charge on any atom is -0.462 e. The zero-order valence-electron chi connectivity index (χ0n) is 48.6. The second-order valence-corrected chi connectivity index (χ2v) is 20.6. The number of carbonyl (C=O) groups is 3. The Morgan fingerprint density at radius 1 is 0.284 bits per heavy atom. The van der Waals surface area contributed by atoms with Crippen LogP contribution in [0.5, 0.6) is 0 Å². The van der Waals surface area contributed by atoms with Crippen LogP contribution in [-0.2, 0) is 28.6 Å². The molecule has 0 aliphatic heterocycles. The quantitative estimate of drug-likeness (QED) is 0.0261. The molecule has 0 aliphatic rings. The Morgan fingerprint density at radius 2 is 0.527 bits per heavy atom. The van der Waals surface area contributed by atoms with E-state index in [4.69, 9.17) is 14.2 Å². The largest absolute Gasteiger partial charge is 0.462 e. The zero-order valence-corrected chi connectivity index (χ0v) is 48.6. The Hall–Kier alpha value is -3.67. The van der Waals surface area contributed by atoms with Gasteiger partial charge in [-0.05, 0) is 96.3 Å². The van der Waals surface area contributed by atoms with Crippen molar-refractivity contribution in [2.75, 3.05) is 13.2 Å². The third-order valence-corrected chi connectivity index (χ3v) is 13.3. The van der Waals surface area contributed by atoms with Crippen LogP contribution in [0.3, 0.4) is 0 Å². The van der Waals surface area contributed by atoms with Gasteiger partial charge in [0.1, 0.15) is 13.2 Å². The van der Waals surface area contributed by atoms with Crippen molar-refractivity contribution in [1.82, 2.24) is 0 Å². The maximum Gasteiger partial charge on any atom is 0.306 e. The fourth-order valence-corrected chi connectivity index (χ4v) is 8.72. The van der Waals surface area contributed by atoms with Gasteiger partial charge in [-0.25, -0.2) is 0 Å². The minimum atomic E-state index is -0.781. The van der Waals surface area contributed by atoms with Crippen LogP contribution in [0.1, 0.15) is 297 Å². The topological polar surface area (TPSA) is 78.9 Å². The van der Waals surface area contributed by atoms with Crippen LogP contribution in [0.25, 0.3) is 0 Å².